The average Bonchev–Trinajstić information content (AvgIpc) is 1.86. The highest BCUT2D eigenvalue weighted by Crippen LogP contribution is 2.35. The van der Waals surface area contributed by atoms with E-state index in [2.05, 4.69) is 0 Å². The van der Waals surface area contributed by atoms with E-state index in [0.29, 0.717) is 12.4 Å². The Labute approximate surface area is 67.9 Å². The van der Waals surface area contributed by atoms with Crippen LogP contribution in [0.25, 0.3) is 0 Å². The molecule has 0 radical (unpaired) electrons. The van der Waals surface area contributed by atoms with E-state index >= 15 is 0 Å². The highest BCUT2D eigenvalue weighted by Gasteiger charge is 2.41. The van der Waals surface area contributed by atoms with Crippen molar-refractivity contribution in [2.75, 3.05) is 19.5 Å². The summed E-state index contributed by atoms with van der Waals surface area (Å²) in [5.74, 6) is 0.490. The molecule has 0 N–H and O–H groups in total. The molecule has 1 rings (SSSR count). The van der Waals surface area contributed by atoms with Gasteiger partial charge in [0.05, 0.1) is 0 Å². The van der Waals surface area contributed by atoms with E-state index < -0.39 is 11.4 Å². The fraction of sp³-hybridized carbons (Fsp3) is 1.00. The molecular weight excluding hydrogens is 175 g/mol. The topological polar surface area (TPSA) is 3.24 Å². The molecule has 1 atom stereocenters. The minimum Gasteiger partial charge on any atom is -0.297 e. The summed E-state index contributed by atoms with van der Waals surface area (Å²) in [6.45, 7) is 0.553. The monoisotopic (exact) mass is 185 g/mol. The van der Waals surface area contributed by atoms with E-state index in [-0.39, 0.29) is 6.42 Å². The van der Waals surface area contributed by atoms with Gasteiger partial charge < -0.3 is 0 Å². The number of hydrogen-bond donors (Lipinski definition) is 0. The van der Waals surface area contributed by atoms with Crippen LogP contribution in [0.1, 0.15) is 6.42 Å². The van der Waals surface area contributed by atoms with Gasteiger partial charge in [0.15, 0.2) is 0 Å². The molecule has 1 fully saturated rings. The minimum atomic E-state index is -4.01. The lowest BCUT2D eigenvalue weighted by atomic mass is 10.3. The number of rotatable bonds is 0. The smallest absolute Gasteiger partial charge is 0.297 e. The molecule has 0 aromatic carbocycles. The molecule has 1 saturated heterocycles. The molecule has 1 heterocycles. The quantitative estimate of drug-likeness (QED) is 0.567. The van der Waals surface area contributed by atoms with Crippen LogP contribution in [0.15, 0.2) is 0 Å². The van der Waals surface area contributed by atoms with E-state index in [9.17, 15) is 13.2 Å². The first-order chi connectivity index (χ1) is 5.00. The SMILES string of the molecule is CN1CCC(C(F)(F)F)SC1. The molecule has 0 aromatic rings. The van der Waals surface area contributed by atoms with Crippen LogP contribution in [0.3, 0.4) is 0 Å². The highest BCUT2D eigenvalue weighted by atomic mass is 32.2. The molecular formula is C6H10F3NS. The van der Waals surface area contributed by atoms with Gasteiger partial charge in [0.25, 0.3) is 0 Å². The largest absolute Gasteiger partial charge is 0.400 e. The Morgan fingerprint density at radius 3 is 2.45 bits per heavy atom. The van der Waals surface area contributed by atoms with Crippen LogP contribution in [-0.2, 0) is 0 Å². The van der Waals surface area contributed by atoms with Gasteiger partial charge in [0.2, 0.25) is 0 Å². The molecule has 66 valence electrons. The zero-order chi connectivity index (χ0) is 8.48. The van der Waals surface area contributed by atoms with Crippen molar-refractivity contribution in [1.82, 2.24) is 4.90 Å². The number of nitrogens with zero attached hydrogens (tertiary/aromatic N) is 1. The Bertz CT molecular complexity index is 128. The molecule has 0 amide bonds. The maximum absolute atomic E-state index is 12.0. The van der Waals surface area contributed by atoms with E-state index in [1.165, 1.54) is 0 Å². The zero-order valence-corrected chi connectivity index (χ0v) is 7.00. The van der Waals surface area contributed by atoms with Crippen molar-refractivity contribution < 1.29 is 13.2 Å². The van der Waals surface area contributed by atoms with Crippen LogP contribution in [-0.4, -0.2) is 35.8 Å². The Kier molecular flexibility index (Phi) is 2.70. The van der Waals surface area contributed by atoms with Crippen LogP contribution in [0.4, 0.5) is 13.2 Å². The first-order valence-corrected chi connectivity index (χ1v) is 4.42. The number of hydrogen-bond acceptors (Lipinski definition) is 2. The second-order valence-electron chi connectivity index (χ2n) is 2.69. The van der Waals surface area contributed by atoms with Gasteiger partial charge in [-0.05, 0) is 13.5 Å². The van der Waals surface area contributed by atoms with Crippen molar-refractivity contribution in [3.05, 3.63) is 0 Å². The maximum atomic E-state index is 12.0. The van der Waals surface area contributed by atoms with Crippen LogP contribution < -0.4 is 0 Å². The number of thioether (sulfide) groups is 1. The Hall–Kier alpha value is 0.100. The summed E-state index contributed by atoms with van der Waals surface area (Å²) in [7, 11) is 1.83. The third-order valence-corrected chi connectivity index (χ3v) is 3.13. The van der Waals surface area contributed by atoms with Gasteiger partial charge in [0, 0.05) is 12.4 Å². The Morgan fingerprint density at radius 2 is 2.09 bits per heavy atom. The lowest BCUT2D eigenvalue weighted by Crippen LogP contribution is -2.36. The molecule has 0 aliphatic carbocycles. The zero-order valence-electron chi connectivity index (χ0n) is 6.19. The molecule has 11 heavy (non-hydrogen) atoms. The molecule has 5 heteroatoms. The van der Waals surface area contributed by atoms with Gasteiger partial charge in [0.1, 0.15) is 5.25 Å². The molecule has 0 spiro atoms. The summed E-state index contributed by atoms with van der Waals surface area (Å²) in [5, 5.41) is -1.14. The van der Waals surface area contributed by atoms with E-state index in [0.717, 1.165) is 11.8 Å². The summed E-state index contributed by atoms with van der Waals surface area (Å²) in [6, 6.07) is 0. The standard InChI is InChI=1S/C6H10F3NS/c1-10-3-2-5(11-4-10)6(7,8)9/h5H,2-4H2,1H3. The lowest BCUT2D eigenvalue weighted by Gasteiger charge is -2.29. The number of halogens is 3. The van der Waals surface area contributed by atoms with Crippen molar-refractivity contribution in [2.45, 2.75) is 17.8 Å². The summed E-state index contributed by atoms with van der Waals surface area (Å²) in [4.78, 5) is 1.90. The molecule has 0 saturated carbocycles. The molecule has 1 unspecified atom stereocenters. The van der Waals surface area contributed by atoms with E-state index in [1.807, 2.05) is 11.9 Å². The molecule has 1 nitrogen and oxygen atoms in total. The molecule has 1 aliphatic rings. The Balaban J connectivity index is 2.39. The Morgan fingerprint density at radius 1 is 1.45 bits per heavy atom. The van der Waals surface area contributed by atoms with Gasteiger partial charge in [-0.2, -0.15) is 13.2 Å². The highest BCUT2D eigenvalue weighted by molar-refractivity contribution is 7.99. The minimum absolute atomic E-state index is 0.227. The number of alkyl halides is 3. The molecule has 0 aromatic heterocycles. The maximum Gasteiger partial charge on any atom is 0.400 e. The average molecular weight is 185 g/mol. The van der Waals surface area contributed by atoms with Gasteiger partial charge in [-0.25, -0.2) is 0 Å². The van der Waals surface area contributed by atoms with Crippen molar-refractivity contribution in [1.29, 1.82) is 0 Å². The normalized spacial score (nSPS) is 28.9. The van der Waals surface area contributed by atoms with Gasteiger partial charge in [-0.3, -0.25) is 4.90 Å². The second kappa shape index (κ2) is 3.23. The summed E-state index contributed by atoms with van der Waals surface area (Å²) in [5.41, 5.74) is 0. The van der Waals surface area contributed by atoms with Gasteiger partial charge in [-0.1, -0.05) is 0 Å². The van der Waals surface area contributed by atoms with Crippen molar-refractivity contribution >= 4 is 11.8 Å². The summed E-state index contributed by atoms with van der Waals surface area (Å²) < 4.78 is 36.1. The third-order valence-electron chi connectivity index (χ3n) is 1.63. The van der Waals surface area contributed by atoms with Crippen LogP contribution >= 0.6 is 11.8 Å². The van der Waals surface area contributed by atoms with Gasteiger partial charge in [-0.15, -0.1) is 11.8 Å². The third kappa shape index (κ3) is 2.56. The molecule has 0 bridgehead atoms. The van der Waals surface area contributed by atoms with Crippen molar-refractivity contribution in [3.8, 4) is 0 Å². The molecule has 1 aliphatic heterocycles. The first kappa shape index (κ1) is 9.19. The predicted molar refractivity (Wildman–Crippen MR) is 39.5 cm³/mol. The van der Waals surface area contributed by atoms with Crippen LogP contribution in [0, 0.1) is 0 Å². The van der Waals surface area contributed by atoms with E-state index in [4.69, 9.17) is 0 Å². The fourth-order valence-electron chi connectivity index (χ4n) is 0.961. The van der Waals surface area contributed by atoms with Crippen molar-refractivity contribution in [2.24, 2.45) is 0 Å². The van der Waals surface area contributed by atoms with Crippen molar-refractivity contribution in [3.63, 3.8) is 0 Å². The van der Waals surface area contributed by atoms with Gasteiger partial charge >= 0.3 is 6.18 Å². The predicted octanol–water partition coefficient (Wildman–Crippen LogP) is 1.94. The van der Waals surface area contributed by atoms with E-state index in [1.54, 1.807) is 0 Å². The van der Waals surface area contributed by atoms with Crippen LogP contribution in [0.5, 0.6) is 0 Å². The summed E-state index contributed by atoms with van der Waals surface area (Å²) in [6.07, 6.45) is -3.78. The van der Waals surface area contributed by atoms with Crippen LogP contribution in [0.2, 0.25) is 0 Å². The fourth-order valence-corrected chi connectivity index (χ4v) is 1.99. The lowest BCUT2D eigenvalue weighted by molar-refractivity contribution is -0.131. The first-order valence-electron chi connectivity index (χ1n) is 3.37. The second-order valence-corrected chi connectivity index (χ2v) is 3.85. The summed E-state index contributed by atoms with van der Waals surface area (Å²) >= 11 is 0.979.